The lowest BCUT2D eigenvalue weighted by atomic mass is 10.1. The van der Waals surface area contributed by atoms with E-state index in [0.29, 0.717) is 12.2 Å². The number of fused-ring (bicyclic) bond motifs is 1. The molecule has 5 heteroatoms. The first kappa shape index (κ1) is 17.1. The van der Waals surface area contributed by atoms with Gasteiger partial charge in [-0.3, -0.25) is 9.69 Å². The van der Waals surface area contributed by atoms with Gasteiger partial charge in [-0.2, -0.15) is 0 Å². The van der Waals surface area contributed by atoms with Gasteiger partial charge >= 0.3 is 0 Å². The maximum Gasteiger partial charge on any atom is 0.255 e. The van der Waals surface area contributed by atoms with Gasteiger partial charge in [0.25, 0.3) is 5.91 Å². The van der Waals surface area contributed by atoms with Crippen molar-refractivity contribution >= 4 is 33.0 Å². The molecule has 1 aliphatic heterocycles. The van der Waals surface area contributed by atoms with Crippen LogP contribution < -0.4 is 10.1 Å². The molecule has 1 saturated heterocycles. The van der Waals surface area contributed by atoms with E-state index in [4.69, 9.17) is 4.74 Å². The van der Waals surface area contributed by atoms with Crippen molar-refractivity contribution in [3.05, 3.63) is 59.5 Å². The van der Waals surface area contributed by atoms with Crippen LogP contribution in [-0.4, -0.2) is 37.0 Å². The third-order valence-electron chi connectivity index (χ3n) is 4.71. The Balaban J connectivity index is 1.32. The number of hydrogen-bond acceptors (Lipinski definition) is 4. The highest BCUT2D eigenvalue weighted by molar-refractivity contribution is 7.17. The number of thiophene rings is 1. The maximum atomic E-state index is 12.4. The summed E-state index contributed by atoms with van der Waals surface area (Å²) < 4.78 is 6.92. The molecule has 0 atom stereocenters. The number of amides is 1. The summed E-state index contributed by atoms with van der Waals surface area (Å²) in [5.41, 5.74) is 1.44. The van der Waals surface area contributed by atoms with Gasteiger partial charge in [0.05, 0.1) is 0 Å². The number of nitrogens with one attached hydrogen (secondary N) is 1. The summed E-state index contributed by atoms with van der Waals surface area (Å²) in [6.45, 7) is 4.05. The summed E-state index contributed by atoms with van der Waals surface area (Å²) >= 11 is 1.64. The molecule has 134 valence electrons. The largest absolute Gasteiger partial charge is 0.492 e. The molecule has 0 spiro atoms. The average Bonchev–Trinajstić information content (AvgIpc) is 3.34. The number of carbonyl (C=O) groups is 1. The Kier molecular flexibility index (Phi) is 5.18. The van der Waals surface area contributed by atoms with Crippen molar-refractivity contribution in [3.8, 4) is 5.75 Å². The normalized spacial score (nSPS) is 14.6. The fourth-order valence-electron chi connectivity index (χ4n) is 3.23. The second-order valence-electron chi connectivity index (χ2n) is 6.55. The van der Waals surface area contributed by atoms with Gasteiger partial charge in [0.15, 0.2) is 0 Å². The minimum atomic E-state index is -0.0944. The number of likely N-dealkylation sites (tertiary alicyclic amines) is 1. The van der Waals surface area contributed by atoms with E-state index in [-0.39, 0.29) is 5.91 Å². The molecule has 1 amide bonds. The predicted octanol–water partition coefficient (Wildman–Crippen LogP) is 4.63. The molecule has 0 bridgehead atoms. The van der Waals surface area contributed by atoms with Crippen LogP contribution in [-0.2, 0) is 0 Å². The fourth-order valence-corrected chi connectivity index (χ4v) is 4.06. The zero-order valence-corrected chi connectivity index (χ0v) is 15.4. The molecule has 0 radical (unpaired) electrons. The molecule has 1 N–H and O–H groups in total. The summed E-state index contributed by atoms with van der Waals surface area (Å²) in [6, 6.07) is 15.4. The number of hydrogen-bond donors (Lipinski definition) is 1. The Bertz CT molecular complexity index is 882. The van der Waals surface area contributed by atoms with Gasteiger partial charge in [-0.15, -0.1) is 11.3 Å². The van der Waals surface area contributed by atoms with Crippen LogP contribution in [0.1, 0.15) is 23.2 Å². The lowest BCUT2D eigenvalue weighted by Crippen LogP contribution is -2.25. The van der Waals surface area contributed by atoms with Crippen LogP contribution in [0.3, 0.4) is 0 Å². The van der Waals surface area contributed by atoms with Crippen molar-refractivity contribution in [1.29, 1.82) is 0 Å². The lowest BCUT2D eigenvalue weighted by Gasteiger charge is -2.15. The summed E-state index contributed by atoms with van der Waals surface area (Å²) in [7, 11) is 0. The number of anilines is 1. The van der Waals surface area contributed by atoms with E-state index in [1.54, 1.807) is 11.3 Å². The standard InChI is InChI=1S/C21H22N2O2S/c24-21(17-4-3-16-9-14-26-20(16)15-17)22-18-5-7-19(8-6-18)25-13-12-23-10-1-2-11-23/h3-9,14-15H,1-2,10-13H2,(H,22,24). The van der Waals surface area contributed by atoms with E-state index < -0.39 is 0 Å². The number of carbonyl (C=O) groups excluding carboxylic acids is 1. The Morgan fingerprint density at radius 3 is 2.69 bits per heavy atom. The molecule has 1 fully saturated rings. The Labute approximate surface area is 157 Å². The van der Waals surface area contributed by atoms with Crippen molar-refractivity contribution in [1.82, 2.24) is 4.90 Å². The van der Waals surface area contributed by atoms with Crippen molar-refractivity contribution in [3.63, 3.8) is 0 Å². The van der Waals surface area contributed by atoms with Crippen LogP contribution in [0.2, 0.25) is 0 Å². The van der Waals surface area contributed by atoms with Gasteiger partial charge < -0.3 is 10.1 Å². The number of ether oxygens (including phenoxy) is 1. The molecule has 2 aromatic carbocycles. The predicted molar refractivity (Wildman–Crippen MR) is 107 cm³/mol. The summed E-state index contributed by atoms with van der Waals surface area (Å²) in [5, 5.41) is 6.15. The molecule has 4 nitrogen and oxygen atoms in total. The Hall–Kier alpha value is -2.37. The maximum absolute atomic E-state index is 12.4. The first-order chi connectivity index (χ1) is 12.8. The van der Waals surface area contributed by atoms with E-state index in [1.165, 1.54) is 31.3 Å². The topological polar surface area (TPSA) is 41.6 Å². The Morgan fingerprint density at radius 2 is 1.88 bits per heavy atom. The highest BCUT2D eigenvalue weighted by Gasteiger charge is 2.11. The second-order valence-corrected chi connectivity index (χ2v) is 7.50. The van der Waals surface area contributed by atoms with Crippen molar-refractivity contribution in [2.45, 2.75) is 12.8 Å². The van der Waals surface area contributed by atoms with E-state index >= 15 is 0 Å². The van der Waals surface area contributed by atoms with Crippen LogP contribution in [0.25, 0.3) is 10.1 Å². The molecule has 0 unspecified atom stereocenters. The van der Waals surface area contributed by atoms with Gasteiger partial charge in [-0.1, -0.05) is 6.07 Å². The zero-order valence-electron chi connectivity index (χ0n) is 14.6. The first-order valence-electron chi connectivity index (χ1n) is 9.02. The summed E-state index contributed by atoms with van der Waals surface area (Å²) in [5.74, 6) is 0.741. The average molecular weight is 366 g/mol. The molecule has 0 aliphatic carbocycles. The zero-order chi connectivity index (χ0) is 17.8. The minimum Gasteiger partial charge on any atom is -0.492 e. The van der Waals surface area contributed by atoms with Crippen LogP contribution >= 0.6 is 11.3 Å². The molecule has 1 aromatic heterocycles. The van der Waals surface area contributed by atoms with Crippen molar-refractivity contribution in [2.24, 2.45) is 0 Å². The minimum absolute atomic E-state index is 0.0944. The van der Waals surface area contributed by atoms with Crippen LogP contribution in [0.4, 0.5) is 5.69 Å². The third kappa shape index (κ3) is 4.06. The summed E-state index contributed by atoms with van der Waals surface area (Å²) in [6.07, 6.45) is 2.60. The van der Waals surface area contributed by atoms with E-state index in [0.717, 1.165) is 22.7 Å². The molecule has 0 saturated carbocycles. The molecule has 1 aliphatic rings. The lowest BCUT2D eigenvalue weighted by molar-refractivity contribution is 0.102. The summed E-state index contributed by atoms with van der Waals surface area (Å²) in [4.78, 5) is 14.9. The van der Waals surface area contributed by atoms with Crippen molar-refractivity contribution in [2.75, 3.05) is 31.6 Å². The number of nitrogens with zero attached hydrogens (tertiary/aromatic N) is 1. The molecule has 26 heavy (non-hydrogen) atoms. The van der Waals surface area contributed by atoms with Gasteiger partial charge in [-0.05, 0) is 79.2 Å². The molecular formula is C21H22N2O2S. The van der Waals surface area contributed by atoms with Gasteiger partial charge in [0, 0.05) is 22.5 Å². The monoisotopic (exact) mass is 366 g/mol. The van der Waals surface area contributed by atoms with E-state index in [1.807, 2.05) is 47.8 Å². The number of benzene rings is 2. The van der Waals surface area contributed by atoms with Gasteiger partial charge in [0.2, 0.25) is 0 Å². The quantitative estimate of drug-likeness (QED) is 0.692. The molecule has 2 heterocycles. The van der Waals surface area contributed by atoms with Crippen LogP contribution in [0.15, 0.2) is 53.9 Å². The van der Waals surface area contributed by atoms with Crippen LogP contribution in [0, 0.1) is 0 Å². The highest BCUT2D eigenvalue weighted by Crippen LogP contribution is 2.23. The number of rotatable bonds is 6. The fraction of sp³-hybridized carbons (Fsp3) is 0.286. The molecule has 4 rings (SSSR count). The first-order valence-corrected chi connectivity index (χ1v) is 9.90. The molecular weight excluding hydrogens is 344 g/mol. The van der Waals surface area contributed by atoms with Gasteiger partial charge in [0.1, 0.15) is 12.4 Å². The van der Waals surface area contributed by atoms with Crippen LogP contribution in [0.5, 0.6) is 5.75 Å². The second kappa shape index (κ2) is 7.89. The Morgan fingerprint density at radius 1 is 1.08 bits per heavy atom. The smallest absolute Gasteiger partial charge is 0.255 e. The SMILES string of the molecule is O=C(Nc1ccc(OCCN2CCCC2)cc1)c1ccc2ccsc2c1. The van der Waals surface area contributed by atoms with Gasteiger partial charge in [-0.25, -0.2) is 0 Å². The van der Waals surface area contributed by atoms with E-state index in [9.17, 15) is 4.79 Å². The van der Waals surface area contributed by atoms with Crippen molar-refractivity contribution < 1.29 is 9.53 Å². The molecule has 3 aromatic rings. The highest BCUT2D eigenvalue weighted by atomic mass is 32.1. The van der Waals surface area contributed by atoms with E-state index in [2.05, 4.69) is 16.3 Å². The third-order valence-corrected chi connectivity index (χ3v) is 5.59.